The van der Waals surface area contributed by atoms with Crippen LogP contribution in [0.3, 0.4) is 0 Å². The summed E-state index contributed by atoms with van der Waals surface area (Å²) in [7, 11) is 0. The summed E-state index contributed by atoms with van der Waals surface area (Å²) in [5.41, 5.74) is 1.25. The van der Waals surface area contributed by atoms with Crippen molar-refractivity contribution in [2.45, 2.75) is 38.5 Å². The molecule has 2 aliphatic heterocycles. The second kappa shape index (κ2) is 7.85. The van der Waals surface area contributed by atoms with Crippen molar-refractivity contribution in [1.82, 2.24) is 9.97 Å². The zero-order valence-corrected chi connectivity index (χ0v) is 15.2. The van der Waals surface area contributed by atoms with Crippen LogP contribution >= 0.6 is 0 Å². The van der Waals surface area contributed by atoms with Crippen molar-refractivity contribution in [3.05, 3.63) is 47.8 Å². The van der Waals surface area contributed by atoms with E-state index in [4.69, 9.17) is 0 Å². The molecule has 0 atom stereocenters. The van der Waals surface area contributed by atoms with Gasteiger partial charge < -0.3 is 9.80 Å². The molecular weight excluding hydrogens is 324 g/mol. The number of pyridine rings is 2. The molecule has 2 fully saturated rings. The van der Waals surface area contributed by atoms with Crippen molar-refractivity contribution in [2.75, 3.05) is 36.0 Å². The van der Waals surface area contributed by atoms with Crippen LogP contribution in [0.5, 0.6) is 0 Å². The van der Waals surface area contributed by atoms with E-state index in [9.17, 15) is 4.79 Å². The fourth-order valence-electron chi connectivity index (χ4n) is 3.83. The lowest BCUT2D eigenvalue weighted by Crippen LogP contribution is -2.30. The highest BCUT2D eigenvalue weighted by molar-refractivity contribution is 6.08. The molecule has 0 aliphatic carbocycles. The minimum Gasteiger partial charge on any atom is -0.357 e. The van der Waals surface area contributed by atoms with Crippen LogP contribution in [0.1, 0.15) is 54.4 Å². The first-order valence-electron chi connectivity index (χ1n) is 9.78. The molecule has 5 heteroatoms. The topological polar surface area (TPSA) is 49.3 Å². The lowest BCUT2D eigenvalue weighted by atomic mass is 10.1. The van der Waals surface area contributed by atoms with Crippen LogP contribution in [0.15, 0.2) is 36.7 Å². The lowest BCUT2D eigenvalue weighted by molar-refractivity contribution is 0.103. The van der Waals surface area contributed by atoms with Gasteiger partial charge in [-0.2, -0.15) is 0 Å². The van der Waals surface area contributed by atoms with Crippen LogP contribution in [0, 0.1) is 0 Å². The van der Waals surface area contributed by atoms with E-state index in [1.807, 2.05) is 24.3 Å². The van der Waals surface area contributed by atoms with E-state index >= 15 is 0 Å². The lowest BCUT2D eigenvalue weighted by Gasteiger charge is -2.27. The Kier molecular flexibility index (Phi) is 5.14. The summed E-state index contributed by atoms with van der Waals surface area (Å²) in [6.07, 6.45) is 10.9. The van der Waals surface area contributed by atoms with Gasteiger partial charge in [-0.15, -0.1) is 0 Å². The predicted octanol–water partition coefficient (Wildman–Crippen LogP) is 3.69. The van der Waals surface area contributed by atoms with Gasteiger partial charge in [0.1, 0.15) is 11.6 Å². The van der Waals surface area contributed by atoms with E-state index < -0.39 is 0 Å². The first-order chi connectivity index (χ1) is 12.8. The summed E-state index contributed by atoms with van der Waals surface area (Å²) in [5, 5.41) is 0. The third-order valence-corrected chi connectivity index (χ3v) is 5.38. The van der Waals surface area contributed by atoms with E-state index in [0.717, 1.165) is 37.8 Å². The quantitative estimate of drug-likeness (QED) is 0.787. The van der Waals surface area contributed by atoms with Gasteiger partial charge in [-0.3, -0.25) is 4.79 Å². The van der Waals surface area contributed by atoms with Crippen molar-refractivity contribution in [3.8, 4) is 0 Å². The Morgan fingerprint density at radius 1 is 0.654 bits per heavy atom. The summed E-state index contributed by atoms with van der Waals surface area (Å²) < 4.78 is 0. The Bertz CT molecular complexity index is 666. The Morgan fingerprint density at radius 3 is 1.42 bits per heavy atom. The summed E-state index contributed by atoms with van der Waals surface area (Å²) in [6.45, 7) is 4.23. The molecule has 26 heavy (non-hydrogen) atoms. The molecule has 2 aliphatic rings. The Morgan fingerprint density at radius 2 is 1.08 bits per heavy atom. The molecule has 4 rings (SSSR count). The summed E-state index contributed by atoms with van der Waals surface area (Å²) in [4.78, 5) is 26.3. The highest BCUT2D eigenvalue weighted by Crippen LogP contribution is 2.20. The van der Waals surface area contributed by atoms with Crippen molar-refractivity contribution >= 4 is 17.4 Å². The van der Waals surface area contributed by atoms with Crippen molar-refractivity contribution in [3.63, 3.8) is 0 Å². The van der Waals surface area contributed by atoms with E-state index in [-0.39, 0.29) is 5.78 Å². The third kappa shape index (κ3) is 3.71. The zero-order chi connectivity index (χ0) is 17.8. The van der Waals surface area contributed by atoms with Crippen LogP contribution in [-0.4, -0.2) is 41.9 Å². The van der Waals surface area contributed by atoms with Crippen LogP contribution in [0.25, 0.3) is 0 Å². The number of carbonyl (C=O) groups excluding carboxylic acids is 1. The number of aromatic nitrogens is 2. The SMILES string of the molecule is O=C(c1ccc(N2CCCCC2)nc1)c1ccc(N2CCCCC2)nc1. The molecule has 0 N–H and O–H groups in total. The maximum atomic E-state index is 12.7. The number of hydrogen-bond donors (Lipinski definition) is 0. The summed E-state index contributed by atoms with van der Waals surface area (Å²) in [6, 6.07) is 7.71. The minimum atomic E-state index is -0.0135. The molecule has 4 heterocycles. The Hall–Kier alpha value is -2.43. The van der Waals surface area contributed by atoms with Gasteiger partial charge in [0, 0.05) is 49.7 Å². The first kappa shape index (κ1) is 17.0. The molecule has 0 spiro atoms. The standard InChI is InChI=1S/C21H26N4O/c26-21(17-7-9-19(22-15-17)24-11-3-1-4-12-24)18-8-10-20(23-16-18)25-13-5-2-6-14-25/h7-10,15-16H,1-6,11-14H2. The smallest absolute Gasteiger partial charge is 0.196 e. The monoisotopic (exact) mass is 350 g/mol. The number of piperidine rings is 2. The fourth-order valence-corrected chi connectivity index (χ4v) is 3.83. The molecule has 136 valence electrons. The molecule has 2 aromatic rings. The van der Waals surface area contributed by atoms with E-state index in [2.05, 4.69) is 19.8 Å². The second-order valence-corrected chi connectivity index (χ2v) is 7.23. The normalized spacial score (nSPS) is 18.0. The van der Waals surface area contributed by atoms with Gasteiger partial charge in [0.2, 0.25) is 0 Å². The zero-order valence-electron chi connectivity index (χ0n) is 15.2. The van der Waals surface area contributed by atoms with Gasteiger partial charge in [-0.05, 0) is 62.8 Å². The summed E-state index contributed by atoms with van der Waals surface area (Å²) in [5.74, 6) is 1.93. The maximum Gasteiger partial charge on any atom is 0.196 e. The number of hydrogen-bond acceptors (Lipinski definition) is 5. The van der Waals surface area contributed by atoms with Gasteiger partial charge in [-0.1, -0.05) is 0 Å². The average Bonchev–Trinajstić information content (AvgIpc) is 2.75. The summed E-state index contributed by atoms with van der Waals surface area (Å²) >= 11 is 0. The molecule has 0 bridgehead atoms. The Balaban J connectivity index is 1.44. The molecule has 0 amide bonds. The van der Waals surface area contributed by atoms with Crippen LogP contribution in [-0.2, 0) is 0 Å². The van der Waals surface area contributed by atoms with Crippen LogP contribution < -0.4 is 9.80 Å². The molecule has 0 saturated carbocycles. The molecule has 2 aromatic heterocycles. The molecule has 2 saturated heterocycles. The number of carbonyl (C=O) groups is 1. The largest absolute Gasteiger partial charge is 0.357 e. The van der Waals surface area contributed by atoms with Gasteiger partial charge in [-0.25, -0.2) is 9.97 Å². The highest BCUT2D eigenvalue weighted by atomic mass is 16.1. The molecule has 0 aromatic carbocycles. The number of anilines is 2. The van der Waals surface area contributed by atoms with Gasteiger partial charge in [0.05, 0.1) is 0 Å². The Labute approximate surface area is 155 Å². The highest BCUT2D eigenvalue weighted by Gasteiger charge is 2.16. The fraction of sp³-hybridized carbons (Fsp3) is 0.476. The third-order valence-electron chi connectivity index (χ3n) is 5.38. The molecule has 5 nitrogen and oxygen atoms in total. The van der Waals surface area contributed by atoms with Crippen molar-refractivity contribution in [1.29, 1.82) is 0 Å². The maximum absolute atomic E-state index is 12.7. The van der Waals surface area contributed by atoms with Gasteiger partial charge in [0.25, 0.3) is 0 Å². The molecular formula is C21H26N4O. The van der Waals surface area contributed by atoms with Gasteiger partial charge >= 0.3 is 0 Å². The van der Waals surface area contributed by atoms with E-state index in [1.165, 1.54) is 38.5 Å². The van der Waals surface area contributed by atoms with E-state index in [1.54, 1.807) is 12.4 Å². The van der Waals surface area contributed by atoms with Crippen LogP contribution in [0.2, 0.25) is 0 Å². The van der Waals surface area contributed by atoms with E-state index in [0.29, 0.717) is 11.1 Å². The van der Waals surface area contributed by atoms with Crippen molar-refractivity contribution < 1.29 is 4.79 Å². The predicted molar refractivity (Wildman–Crippen MR) is 104 cm³/mol. The van der Waals surface area contributed by atoms with Crippen LogP contribution in [0.4, 0.5) is 11.6 Å². The van der Waals surface area contributed by atoms with Gasteiger partial charge in [0.15, 0.2) is 5.78 Å². The molecule has 0 radical (unpaired) electrons. The minimum absolute atomic E-state index is 0.0135. The number of nitrogens with zero attached hydrogens (tertiary/aromatic N) is 4. The number of rotatable bonds is 4. The first-order valence-corrected chi connectivity index (χ1v) is 9.78. The number of ketones is 1. The average molecular weight is 350 g/mol. The molecule has 0 unspecified atom stereocenters. The second-order valence-electron chi connectivity index (χ2n) is 7.23. The van der Waals surface area contributed by atoms with Crippen molar-refractivity contribution in [2.24, 2.45) is 0 Å².